The zero-order chi connectivity index (χ0) is 21.9. The van der Waals surface area contributed by atoms with Crippen molar-refractivity contribution < 1.29 is 23.7 Å². The van der Waals surface area contributed by atoms with Crippen molar-refractivity contribution in [1.82, 2.24) is 5.43 Å². The fraction of sp³-hybridized carbons (Fsp3) is 0.417. The van der Waals surface area contributed by atoms with Gasteiger partial charge in [-0.3, -0.25) is 0 Å². The lowest BCUT2D eigenvalue weighted by Crippen LogP contribution is -2.16. The van der Waals surface area contributed by atoms with Gasteiger partial charge in [0.15, 0.2) is 11.5 Å². The fourth-order valence-electron chi connectivity index (χ4n) is 3.67. The summed E-state index contributed by atoms with van der Waals surface area (Å²) in [5.41, 5.74) is 4.39. The molecule has 0 saturated heterocycles. The SMILES string of the molecule is COC(=O)N/N=C\c1ccc(OCCOc2ccc(C3CCCCC3)cc2)c(OC)c1. The van der Waals surface area contributed by atoms with E-state index in [2.05, 4.69) is 27.4 Å². The summed E-state index contributed by atoms with van der Waals surface area (Å²) in [4.78, 5) is 11.0. The first kappa shape index (κ1) is 22.5. The van der Waals surface area contributed by atoms with Crippen molar-refractivity contribution in [2.75, 3.05) is 27.4 Å². The number of nitrogens with one attached hydrogen (secondary N) is 1. The van der Waals surface area contributed by atoms with E-state index in [0.717, 1.165) is 11.3 Å². The molecule has 1 amide bonds. The molecule has 2 aromatic rings. The minimum absolute atomic E-state index is 0.387. The van der Waals surface area contributed by atoms with Gasteiger partial charge in [-0.2, -0.15) is 5.10 Å². The summed E-state index contributed by atoms with van der Waals surface area (Å²) in [6.07, 6.45) is 7.48. The highest BCUT2D eigenvalue weighted by molar-refractivity contribution is 5.82. The lowest BCUT2D eigenvalue weighted by molar-refractivity contribution is 0.171. The zero-order valence-corrected chi connectivity index (χ0v) is 18.1. The Morgan fingerprint density at radius 1 is 1.00 bits per heavy atom. The second-order valence-corrected chi connectivity index (χ2v) is 7.37. The molecule has 1 saturated carbocycles. The van der Waals surface area contributed by atoms with Gasteiger partial charge in [0.05, 0.1) is 20.4 Å². The molecule has 0 aliphatic heterocycles. The molecule has 0 bridgehead atoms. The van der Waals surface area contributed by atoms with Gasteiger partial charge in [0.1, 0.15) is 19.0 Å². The van der Waals surface area contributed by atoms with Crippen molar-refractivity contribution in [3.8, 4) is 17.2 Å². The fourth-order valence-corrected chi connectivity index (χ4v) is 3.67. The Bertz CT molecular complexity index is 861. The van der Waals surface area contributed by atoms with E-state index >= 15 is 0 Å². The van der Waals surface area contributed by atoms with E-state index in [0.29, 0.717) is 30.6 Å². The molecule has 0 atom stereocenters. The summed E-state index contributed by atoms with van der Waals surface area (Å²) < 4.78 is 21.4. The van der Waals surface area contributed by atoms with E-state index in [1.165, 1.54) is 51.0 Å². The minimum atomic E-state index is -0.633. The molecule has 7 heteroatoms. The molecule has 1 N–H and O–H groups in total. The molecule has 1 fully saturated rings. The first-order chi connectivity index (χ1) is 15.2. The average Bonchev–Trinajstić information content (AvgIpc) is 2.83. The largest absolute Gasteiger partial charge is 0.493 e. The topological polar surface area (TPSA) is 78.4 Å². The Morgan fingerprint density at radius 3 is 2.45 bits per heavy atom. The van der Waals surface area contributed by atoms with Crippen molar-refractivity contribution >= 4 is 12.3 Å². The minimum Gasteiger partial charge on any atom is -0.493 e. The third-order valence-electron chi connectivity index (χ3n) is 5.31. The van der Waals surface area contributed by atoms with Gasteiger partial charge in [0, 0.05) is 0 Å². The third-order valence-corrected chi connectivity index (χ3v) is 5.31. The number of methoxy groups -OCH3 is 2. The summed E-state index contributed by atoms with van der Waals surface area (Å²) in [6, 6.07) is 13.8. The maximum absolute atomic E-state index is 11.0. The maximum Gasteiger partial charge on any atom is 0.427 e. The Labute approximate surface area is 183 Å². The van der Waals surface area contributed by atoms with E-state index in [1.807, 2.05) is 18.2 Å². The Kier molecular flexibility index (Phi) is 8.58. The normalized spacial score (nSPS) is 14.3. The number of amides is 1. The number of carbonyl (C=O) groups excluding carboxylic acids is 1. The number of hydrogen-bond acceptors (Lipinski definition) is 6. The van der Waals surface area contributed by atoms with Crippen LogP contribution in [0.4, 0.5) is 4.79 Å². The summed E-state index contributed by atoms with van der Waals surface area (Å²) in [5.74, 6) is 2.72. The highest BCUT2D eigenvalue weighted by Crippen LogP contribution is 2.33. The van der Waals surface area contributed by atoms with Crippen molar-refractivity contribution in [2.24, 2.45) is 5.10 Å². The monoisotopic (exact) mass is 426 g/mol. The lowest BCUT2D eigenvalue weighted by atomic mass is 9.84. The summed E-state index contributed by atoms with van der Waals surface area (Å²) in [6.45, 7) is 0.816. The van der Waals surface area contributed by atoms with Crippen LogP contribution in [-0.2, 0) is 4.74 Å². The zero-order valence-electron chi connectivity index (χ0n) is 18.1. The molecule has 31 heavy (non-hydrogen) atoms. The number of hydrazone groups is 1. The van der Waals surface area contributed by atoms with Gasteiger partial charge in [0.25, 0.3) is 0 Å². The summed E-state index contributed by atoms with van der Waals surface area (Å²) in [5, 5.41) is 3.80. The molecule has 1 aliphatic rings. The van der Waals surface area contributed by atoms with Crippen LogP contribution in [0.3, 0.4) is 0 Å². The number of rotatable bonds is 9. The Hall–Kier alpha value is -3.22. The Morgan fingerprint density at radius 2 is 1.74 bits per heavy atom. The molecule has 166 valence electrons. The maximum atomic E-state index is 11.0. The average molecular weight is 427 g/mol. The van der Waals surface area contributed by atoms with Crippen LogP contribution in [0.15, 0.2) is 47.6 Å². The van der Waals surface area contributed by atoms with Gasteiger partial charge < -0.3 is 18.9 Å². The molecule has 3 rings (SSSR count). The second kappa shape index (κ2) is 11.8. The number of hydrogen-bond donors (Lipinski definition) is 1. The Balaban J connectivity index is 1.45. The van der Waals surface area contributed by atoms with Crippen LogP contribution in [0.5, 0.6) is 17.2 Å². The van der Waals surface area contributed by atoms with Crippen LogP contribution in [-0.4, -0.2) is 39.7 Å². The highest BCUT2D eigenvalue weighted by atomic mass is 16.5. The van der Waals surface area contributed by atoms with Crippen LogP contribution in [0, 0.1) is 0 Å². The molecule has 1 aliphatic carbocycles. The first-order valence-electron chi connectivity index (χ1n) is 10.6. The predicted molar refractivity (Wildman–Crippen MR) is 119 cm³/mol. The van der Waals surface area contributed by atoms with Crippen molar-refractivity contribution in [3.63, 3.8) is 0 Å². The molecular weight excluding hydrogens is 396 g/mol. The molecule has 7 nitrogen and oxygen atoms in total. The molecule has 0 heterocycles. The lowest BCUT2D eigenvalue weighted by Gasteiger charge is -2.22. The van der Waals surface area contributed by atoms with Crippen molar-refractivity contribution in [3.05, 3.63) is 53.6 Å². The van der Waals surface area contributed by atoms with E-state index in [1.54, 1.807) is 19.2 Å². The molecule has 0 unspecified atom stereocenters. The van der Waals surface area contributed by atoms with Crippen LogP contribution in [0.2, 0.25) is 0 Å². The number of carbonyl (C=O) groups is 1. The third kappa shape index (κ3) is 6.91. The summed E-state index contributed by atoms with van der Waals surface area (Å²) >= 11 is 0. The van der Waals surface area contributed by atoms with Gasteiger partial charge in [-0.1, -0.05) is 31.4 Å². The van der Waals surface area contributed by atoms with E-state index in [-0.39, 0.29) is 0 Å². The van der Waals surface area contributed by atoms with Gasteiger partial charge in [-0.05, 0) is 60.2 Å². The van der Waals surface area contributed by atoms with Crippen molar-refractivity contribution in [2.45, 2.75) is 38.0 Å². The van der Waals surface area contributed by atoms with Gasteiger partial charge >= 0.3 is 6.09 Å². The predicted octanol–water partition coefficient (Wildman–Crippen LogP) is 4.89. The highest BCUT2D eigenvalue weighted by Gasteiger charge is 2.15. The number of ether oxygens (including phenoxy) is 4. The van der Waals surface area contributed by atoms with Crippen LogP contribution < -0.4 is 19.6 Å². The molecule has 0 radical (unpaired) electrons. The standard InChI is InChI=1S/C24H30N2O5/c1-28-23-16-18(17-25-26-24(27)29-2)8-13-22(23)31-15-14-30-21-11-9-20(10-12-21)19-6-4-3-5-7-19/h8-13,16-17,19H,3-7,14-15H2,1-2H3,(H,26,27)/b25-17-. The molecule has 0 spiro atoms. The smallest absolute Gasteiger partial charge is 0.427 e. The molecular formula is C24H30N2O5. The van der Waals surface area contributed by atoms with E-state index < -0.39 is 6.09 Å². The van der Waals surface area contributed by atoms with Crippen LogP contribution in [0.25, 0.3) is 0 Å². The molecule has 2 aromatic carbocycles. The second-order valence-electron chi connectivity index (χ2n) is 7.37. The van der Waals surface area contributed by atoms with Gasteiger partial charge in [-0.25, -0.2) is 10.2 Å². The number of benzene rings is 2. The van der Waals surface area contributed by atoms with Crippen LogP contribution >= 0.6 is 0 Å². The van der Waals surface area contributed by atoms with Gasteiger partial charge in [0.2, 0.25) is 0 Å². The van der Waals surface area contributed by atoms with E-state index in [4.69, 9.17) is 14.2 Å². The van der Waals surface area contributed by atoms with E-state index in [9.17, 15) is 4.79 Å². The van der Waals surface area contributed by atoms with Crippen LogP contribution in [0.1, 0.15) is 49.1 Å². The van der Waals surface area contributed by atoms with Crippen molar-refractivity contribution in [1.29, 1.82) is 0 Å². The molecule has 0 aromatic heterocycles. The van der Waals surface area contributed by atoms with Gasteiger partial charge in [-0.15, -0.1) is 0 Å². The summed E-state index contributed by atoms with van der Waals surface area (Å²) in [7, 11) is 2.84. The number of nitrogens with zero attached hydrogens (tertiary/aromatic N) is 1. The quantitative estimate of drug-likeness (QED) is 0.351. The first-order valence-corrected chi connectivity index (χ1v) is 10.6.